The molecule has 0 radical (unpaired) electrons. The molecule has 2 N–H and O–H groups in total. The molecule has 1 aromatic rings. The number of halogens is 3. The van der Waals surface area contributed by atoms with E-state index in [1.807, 2.05) is 0 Å². The SMILES string of the molecule is CC(COC1CCN(C(=O)C2CCN(c3ncc(C(F)(F)F)cn3)CC2)C1)OC(N)=O. The van der Waals surface area contributed by atoms with Gasteiger partial charge in [0.2, 0.25) is 11.9 Å². The second-order valence-electron chi connectivity index (χ2n) is 7.81. The average molecular weight is 445 g/mol. The Morgan fingerprint density at radius 3 is 2.42 bits per heavy atom. The van der Waals surface area contributed by atoms with Gasteiger partial charge in [-0.2, -0.15) is 13.2 Å². The van der Waals surface area contributed by atoms with Crippen LogP contribution in [0.15, 0.2) is 12.4 Å². The lowest BCUT2D eigenvalue weighted by Crippen LogP contribution is -2.42. The van der Waals surface area contributed by atoms with Crippen molar-refractivity contribution in [1.29, 1.82) is 0 Å². The van der Waals surface area contributed by atoms with E-state index >= 15 is 0 Å². The monoisotopic (exact) mass is 445 g/mol. The van der Waals surface area contributed by atoms with Crippen LogP contribution in [0.3, 0.4) is 0 Å². The standard InChI is InChI=1S/C19H26F3N5O4/c1-12(31-17(23)29)11-30-15-4-7-27(10-15)16(28)13-2-5-26(6-3-13)18-24-8-14(9-25-18)19(20,21)22/h8-9,12-13,15H,2-7,10-11H2,1H3,(H2,23,29). The van der Waals surface area contributed by atoms with E-state index in [2.05, 4.69) is 9.97 Å². The first kappa shape index (κ1) is 23.0. The fraction of sp³-hybridized carbons (Fsp3) is 0.684. The van der Waals surface area contributed by atoms with Gasteiger partial charge in [-0.15, -0.1) is 0 Å². The van der Waals surface area contributed by atoms with E-state index in [4.69, 9.17) is 15.2 Å². The number of carbonyl (C=O) groups is 2. The first-order valence-electron chi connectivity index (χ1n) is 10.1. The Labute approximate surface area is 177 Å². The number of nitrogens with zero attached hydrogens (tertiary/aromatic N) is 4. The predicted octanol–water partition coefficient (Wildman–Crippen LogP) is 1.81. The van der Waals surface area contributed by atoms with Crippen molar-refractivity contribution in [3.63, 3.8) is 0 Å². The normalized spacial score (nSPS) is 21.2. The van der Waals surface area contributed by atoms with E-state index < -0.39 is 23.9 Å². The van der Waals surface area contributed by atoms with Crippen molar-refractivity contribution in [1.82, 2.24) is 14.9 Å². The third kappa shape index (κ3) is 6.18. The van der Waals surface area contributed by atoms with Gasteiger partial charge >= 0.3 is 12.3 Å². The van der Waals surface area contributed by atoms with Crippen LogP contribution in [0.1, 0.15) is 31.7 Å². The van der Waals surface area contributed by atoms with E-state index in [0.29, 0.717) is 45.4 Å². The van der Waals surface area contributed by atoms with Crippen LogP contribution in [-0.2, 0) is 20.4 Å². The molecule has 0 spiro atoms. The van der Waals surface area contributed by atoms with E-state index in [1.54, 1.807) is 16.7 Å². The number of aromatic nitrogens is 2. The molecule has 172 valence electrons. The predicted molar refractivity (Wildman–Crippen MR) is 103 cm³/mol. The van der Waals surface area contributed by atoms with E-state index in [1.165, 1.54) is 0 Å². The van der Waals surface area contributed by atoms with Crippen molar-refractivity contribution in [3.05, 3.63) is 18.0 Å². The quantitative estimate of drug-likeness (QED) is 0.711. The van der Waals surface area contributed by atoms with E-state index in [-0.39, 0.29) is 30.5 Å². The van der Waals surface area contributed by atoms with Crippen LogP contribution in [0, 0.1) is 5.92 Å². The van der Waals surface area contributed by atoms with Crippen molar-refractivity contribution in [2.75, 3.05) is 37.7 Å². The van der Waals surface area contributed by atoms with Crippen molar-refractivity contribution in [2.24, 2.45) is 11.7 Å². The summed E-state index contributed by atoms with van der Waals surface area (Å²) in [4.78, 5) is 34.8. The van der Waals surface area contributed by atoms with Crippen LogP contribution in [-0.4, -0.2) is 71.9 Å². The fourth-order valence-corrected chi connectivity index (χ4v) is 3.78. The number of ether oxygens (including phenoxy) is 2. The molecule has 2 aliphatic heterocycles. The molecule has 0 bridgehead atoms. The Hall–Kier alpha value is -2.63. The molecule has 0 aromatic carbocycles. The number of primary amides is 1. The van der Waals surface area contributed by atoms with Crippen molar-refractivity contribution in [3.8, 4) is 0 Å². The minimum Gasteiger partial charge on any atom is -0.444 e. The molecule has 2 atom stereocenters. The van der Waals surface area contributed by atoms with Gasteiger partial charge in [0.15, 0.2) is 0 Å². The average Bonchev–Trinajstić information content (AvgIpc) is 3.20. The summed E-state index contributed by atoms with van der Waals surface area (Å²) >= 11 is 0. The van der Waals surface area contributed by atoms with E-state index in [0.717, 1.165) is 12.4 Å². The molecule has 2 aliphatic rings. The molecule has 0 aliphatic carbocycles. The zero-order valence-electron chi connectivity index (χ0n) is 17.2. The molecular weight excluding hydrogens is 419 g/mol. The maximum atomic E-state index is 12.8. The van der Waals surface area contributed by atoms with Crippen LogP contribution in [0.5, 0.6) is 0 Å². The summed E-state index contributed by atoms with van der Waals surface area (Å²) in [6.07, 6.45) is -2.49. The van der Waals surface area contributed by atoms with Gasteiger partial charge in [0.25, 0.3) is 0 Å². The smallest absolute Gasteiger partial charge is 0.419 e. The van der Waals surface area contributed by atoms with Gasteiger partial charge in [-0.3, -0.25) is 4.79 Å². The first-order chi connectivity index (χ1) is 14.6. The lowest BCUT2D eigenvalue weighted by atomic mass is 9.95. The van der Waals surface area contributed by atoms with Crippen LogP contribution in [0.2, 0.25) is 0 Å². The van der Waals surface area contributed by atoms with Gasteiger partial charge in [0, 0.05) is 44.5 Å². The van der Waals surface area contributed by atoms with Gasteiger partial charge < -0.3 is 25.0 Å². The maximum Gasteiger partial charge on any atom is 0.419 e. The minimum absolute atomic E-state index is 0.0560. The molecular formula is C19H26F3N5O4. The molecule has 3 heterocycles. The number of hydrogen-bond donors (Lipinski definition) is 1. The zero-order valence-corrected chi connectivity index (χ0v) is 17.2. The zero-order chi connectivity index (χ0) is 22.6. The molecule has 1 aromatic heterocycles. The second-order valence-corrected chi connectivity index (χ2v) is 7.81. The van der Waals surface area contributed by atoms with Crippen LogP contribution in [0.4, 0.5) is 23.9 Å². The van der Waals surface area contributed by atoms with Gasteiger partial charge in [0.1, 0.15) is 6.10 Å². The summed E-state index contributed by atoms with van der Waals surface area (Å²) in [7, 11) is 0. The number of anilines is 1. The molecule has 2 amide bonds. The molecule has 3 rings (SSSR count). The minimum atomic E-state index is -4.47. The lowest BCUT2D eigenvalue weighted by molar-refractivity contribution is -0.138. The Kier molecular flexibility index (Phi) is 7.19. The van der Waals surface area contributed by atoms with Gasteiger partial charge in [-0.05, 0) is 26.2 Å². The van der Waals surface area contributed by atoms with Crippen LogP contribution < -0.4 is 10.6 Å². The summed E-state index contributed by atoms with van der Waals surface area (Å²) in [5.74, 6) is 0.142. The molecule has 31 heavy (non-hydrogen) atoms. The van der Waals surface area contributed by atoms with E-state index in [9.17, 15) is 22.8 Å². The lowest BCUT2D eigenvalue weighted by Gasteiger charge is -2.33. The highest BCUT2D eigenvalue weighted by Gasteiger charge is 2.35. The van der Waals surface area contributed by atoms with Crippen molar-refractivity contribution >= 4 is 17.9 Å². The highest BCUT2D eigenvalue weighted by atomic mass is 19.4. The Morgan fingerprint density at radius 1 is 1.19 bits per heavy atom. The topological polar surface area (TPSA) is 111 Å². The van der Waals surface area contributed by atoms with Gasteiger partial charge in [0.05, 0.1) is 18.3 Å². The number of nitrogens with two attached hydrogens (primary N) is 1. The third-order valence-electron chi connectivity index (χ3n) is 5.43. The molecule has 12 heteroatoms. The van der Waals surface area contributed by atoms with Gasteiger partial charge in [-0.1, -0.05) is 0 Å². The molecule has 2 fully saturated rings. The first-order valence-corrected chi connectivity index (χ1v) is 10.1. The Balaban J connectivity index is 1.43. The number of rotatable bonds is 6. The largest absolute Gasteiger partial charge is 0.444 e. The Morgan fingerprint density at radius 2 is 1.84 bits per heavy atom. The fourth-order valence-electron chi connectivity index (χ4n) is 3.78. The highest BCUT2D eigenvalue weighted by Crippen LogP contribution is 2.29. The number of carbonyl (C=O) groups excluding carboxylic acids is 2. The van der Waals surface area contributed by atoms with Crippen molar-refractivity contribution < 1.29 is 32.2 Å². The molecule has 2 saturated heterocycles. The molecule has 9 nitrogen and oxygen atoms in total. The second kappa shape index (κ2) is 9.67. The van der Waals surface area contributed by atoms with Gasteiger partial charge in [-0.25, -0.2) is 14.8 Å². The summed E-state index contributed by atoms with van der Waals surface area (Å²) < 4.78 is 48.5. The number of amides is 2. The maximum absolute atomic E-state index is 12.8. The van der Waals surface area contributed by atoms with Crippen LogP contribution in [0.25, 0.3) is 0 Å². The number of piperidine rings is 1. The Bertz CT molecular complexity index is 769. The number of alkyl halides is 3. The summed E-state index contributed by atoms with van der Waals surface area (Å²) in [5, 5.41) is 0. The number of hydrogen-bond acceptors (Lipinski definition) is 7. The van der Waals surface area contributed by atoms with Crippen LogP contribution >= 0.6 is 0 Å². The molecule has 0 saturated carbocycles. The summed E-state index contributed by atoms with van der Waals surface area (Å²) in [6, 6.07) is 0. The van der Waals surface area contributed by atoms with Crippen molar-refractivity contribution in [2.45, 2.75) is 44.6 Å². The summed E-state index contributed by atoms with van der Waals surface area (Å²) in [5.41, 5.74) is 4.08. The third-order valence-corrected chi connectivity index (χ3v) is 5.43. The molecule has 2 unspecified atom stereocenters. The number of likely N-dealkylation sites (tertiary alicyclic amines) is 1. The summed E-state index contributed by atoms with van der Waals surface area (Å²) in [6.45, 7) is 3.95. The highest BCUT2D eigenvalue weighted by molar-refractivity contribution is 5.79.